The number of aromatic nitrogens is 1. The third kappa shape index (κ3) is 5.10. The molecular weight excluding hydrogens is 497 g/mol. The van der Waals surface area contributed by atoms with Gasteiger partial charge in [0.05, 0.1) is 35.2 Å². The Bertz CT molecular complexity index is 1200. The normalized spacial score (nSPS) is 14.8. The van der Waals surface area contributed by atoms with E-state index in [0.717, 1.165) is 6.07 Å². The van der Waals surface area contributed by atoms with E-state index in [0.29, 0.717) is 6.20 Å². The average Bonchev–Trinajstić information content (AvgIpc) is 2.71. The lowest BCUT2D eigenvalue weighted by Crippen LogP contribution is -2.49. The van der Waals surface area contributed by atoms with Crippen LogP contribution in [0.2, 0.25) is 5.02 Å². The number of amides is 1. The molecule has 1 fully saturated rings. The first-order valence-corrected chi connectivity index (χ1v) is 12.5. The van der Waals surface area contributed by atoms with E-state index in [1.54, 1.807) is 13.8 Å². The fraction of sp³-hybridized carbons (Fsp3) is 0.455. The second-order valence-corrected chi connectivity index (χ2v) is 10.7. The Kier molecular flexibility index (Phi) is 7.37. The monoisotopic (exact) mass is 520 g/mol. The minimum Gasteiger partial charge on any atom is -0.494 e. The zero-order valence-electron chi connectivity index (χ0n) is 18.9. The summed E-state index contributed by atoms with van der Waals surface area (Å²) in [6, 6.07) is 3.58. The van der Waals surface area contributed by atoms with E-state index in [2.05, 4.69) is 4.98 Å². The molecule has 0 N–H and O–H groups in total. The van der Waals surface area contributed by atoms with Gasteiger partial charge in [-0.1, -0.05) is 18.5 Å². The summed E-state index contributed by atoms with van der Waals surface area (Å²) in [5, 5.41) is -0.135. The van der Waals surface area contributed by atoms with Crippen LogP contribution in [0.3, 0.4) is 0 Å². The Hall–Kier alpha value is -2.53. The van der Waals surface area contributed by atoms with E-state index in [9.17, 15) is 26.4 Å². The lowest BCUT2D eigenvalue weighted by atomic mass is 9.94. The molecule has 2 aromatic rings. The highest BCUT2D eigenvalue weighted by atomic mass is 35.5. The first-order valence-electron chi connectivity index (χ1n) is 10.4. The SMILES string of the molecule is CCS(=O)(=O)c1ccc(OC(C)C)c(C(=O)N2CC(c3ncc(C(F)(F)F)cc3Cl)C2)c1OC. The number of carbonyl (C=O) groups is 1. The van der Waals surface area contributed by atoms with Crippen molar-refractivity contribution in [3.05, 3.63) is 46.2 Å². The van der Waals surface area contributed by atoms with E-state index in [-0.39, 0.29) is 63.5 Å². The number of halogens is 4. The molecule has 1 aliphatic heterocycles. The largest absolute Gasteiger partial charge is 0.494 e. The van der Waals surface area contributed by atoms with E-state index < -0.39 is 27.5 Å². The summed E-state index contributed by atoms with van der Waals surface area (Å²) in [6.07, 6.45) is -4.16. The van der Waals surface area contributed by atoms with Gasteiger partial charge in [0.15, 0.2) is 15.6 Å². The molecule has 0 saturated carbocycles. The zero-order valence-corrected chi connectivity index (χ0v) is 20.5. The summed E-state index contributed by atoms with van der Waals surface area (Å²) in [6.45, 7) is 5.26. The summed E-state index contributed by atoms with van der Waals surface area (Å²) in [7, 11) is -2.43. The summed E-state index contributed by atoms with van der Waals surface area (Å²) in [5.41, 5.74) is -0.732. The van der Waals surface area contributed by atoms with Crippen LogP contribution in [0.25, 0.3) is 0 Å². The molecule has 0 aliphatic carbocycles. The zero-order chi connectivity index (χ0) is 25.4. The van der Waals surface area contributed by atoms with Crippen LogP contribution >= 0.6 is 11.6 Å². The minimum absolute atomic E-state index is 0.0318. The highest BCUT2D eigenvalue weighted by Gasteiger charge is 2.39. The van der Waals surface area contributed by atoms with E-state index in [1.165, 1.54) is 31.1 Å². The van der Waals surface area contributed by atoms with Gasteiger partial charge in [0.1, 0.15) is 16.2 Å². The lowest BCUT2D eigenvalue weighted by molar-refractivity contribution is -0.137. The highest BCUT2D eigenvalue weighted by Crippen LogP contribution is 2.40. The van der Waals surface area contributed by atoms with Crippen LogP contribution < -0.4 is 9.47 Å². The van der Waals surface area contributed by atoms with Gasteiger partial charge < -0.3 is 14.4 Å². The number of sulfone groups is 1. The number of pyridine rings is 1. The fourth-order valence-corrected chi connectivity index (χ4v) is 4.96. The van der Waals surface area contributed by atoms with E-state index in [1.807, 2.05) is 0 Å². The maximum atomic E-state index is 13.4. The Labute approximate surface area is 200 Å². The molecule has 186 valence electrons. The fourth-order valence-electron chi connectivity index (χ4n) is 3.58. The Balaban J connectivity index is 1.93. The number of ether oxygens (including phenoxy) is 2. The van der Waals surface area contributed by atoms with Gasteiger partial charge in [0.25, 0.3) is 5.91 Å². The van der Waals surface area contributed by atoms with Gasteiger partial charge in [0, 0.05) is 25.2 Å². The molecule has 0 spiro atoms. The summed E-state index contributed by atoms with van der Waals surface area (Å²) in [4.78, 5) is 18.5. The van der Waals surface area contributed by atoms with Crippen LogP contribution in [-0.2, 0) is 16.0 Å². The highest BCUT2D eigenvalue weighted by molar-refractivity contribution is 7.91. The Morgan fingerprint density at radius 1 is 1.29 bits per heavy atom. The van der Waals surface area contributed by atoms with Crippen molar-refractivity contribution in [1.29, 1.82) is 0 Å². The van der Waals surface area contributed by atoms with E-state index >= 15 is 0 Å². The molecule has 0 radical (unpaired) electrons. The molecule has 1 aromatic carbocycles. The molecule has 1 saturated heterocycles. The van der Waals surface area contributed by atoms with Crippen molar-refractivity contribution in [3.8, 4) is 11.5 Å². The Morgan fingerprint density at radius 3 is 2.44 bits per heavy atom. The number of alkyl halides is 3. The van der Waals surface area contributed by atoms with Crippen LogP contribution in [0.15, 0.2) is 29.3 Å². The van der Waals surface area contributed by atoms with Gasteiger partial charge in [-0.05, 0) is 32.0 Å². The van der Waals surface area contributed by atoms with Crippen molar-refractivity contribution in [2.24, 2.45) is 0 Å². The molecule has 0 unspecified atom stereocenters. The van der Waals surface area contributed by atoms with Crippen LogP contribution in [0.4, 0.5) is 13.2 Å². The third-order valence-electron chi connectivity index (χ3n) is 5.33. The lowest BCUT2D eigenvalue weighted by Gasteiger charge is -2.39. The summed E-state index contributed by atoms with van der Waals surface area (Å²) in [5.74, 6) is -1.03. The van der Waals surface area contributed by atoms with Gasteiger partial charge in [-0.2, -0.15) is 13.2 Å². The standard InChI is InChI=1S/C22H24ClF3N2O5S/c1-5-34(30,31)17-7-6-16(33-12(2)3)18(20(17)32-4)21(29)28-10-13(11-28)19-15(23)8-14(9-27-19)22(24,25)26/h6-9,12-13H,5,10-11H2,1-4H3. The van der Waals surface area contributed by atoms with Gasteiger partial charge in [-0.3, -0.25) is 9.78 Å². The van der Waals surface area contributed by atoms with Crippen LogP contribution in [-0.4, -0.2) is 56.3 Å². The first-order chi connectivity index (χ1) is 15.8. The molecule has 1 amide bonds. The number of hydrogen-bond acceptors (Lipinski definition) is 6. The third-order valence-corrected chi connectivity index (χ3v) is 7.39. The summed E-state index contributed by atoms with van der Waals surface area (Å²) >= 11 is 6.03. The van der Waals surface area contributed by atoms with Crippen LogP contribution in [0, 0.1) is 0 Å². The second-order valence-electron chi connectivity index (χ2n) is 8.04. The maximum absolute atomic E-state index is 13.4. The molecule has 1 aliphatic rings. The number of benzene rings is 1. The summed E-state index contributed by atoms with van der Waals surface area (Å²) < 4.78 is 74.9. The van der Waals surface area contributed by atoms with Crippen molar-refractivity contribution in [2.75, 3.05) is 26.0 Å². The molecule has 3 rings (SSSR count). The molecule has 0 atom stereocenters. The molecule has 7 nitrogen and oxygen atoms in total. The van der Waals surface area contributed by atoms with Crippen molar-refractivity contribution in [3.63, 3.8) is 0 Å². The van der Waals surface area contributed by atoms with Gasteiger partial charge >= 0.3 is 6.18 Å². The topological polar surface area (TPSA) is 85.8 Å². The number of rotatable bonds is 7. The predicted molar refractivity (Wildman–Crippen MR) is 119 cm³/mol. The van der Waals surface area contributed by atoms with E-state index in [4.69, 9.17) is 21.1 Å². The number of likely N-dealkylation sites (tertiary alicyclic amines) is 1. The van der Waals surface area contributed by atoms with Crippen molar-refractivity contribution >= 4 is 27.3 Å². The number of hydrogen-bond donors (Lipinski definition) is 0. The van der Waals surface area contributed by atoms with Gasteiger partial charge in [-0.15, -0.1) is 0 Å². The van der Waals surface area contributed by atoms with Crippen molar-refractivity contribution < 1.29 is 35.9 Å². The van der Waals surface area contributed by atoms with Crippen molar-refractivity contribution in [1.82, 2.24) is 9.88 Å². The molecule has 12 heteroatoms. The van der Waals surface area contributed by atoms with Crippen LogP contribution in [0.1, 0.15) is 48.3 Å². The number of carbonyl (C=O) groups excluding carboxylic acids is 1. The molecular formula is C22H24ClF3N2O5S. The Morgan fingerprint density at radius 2 is 1.94 bits per heavy atom. The number of nitrogens with zero attached hydrogens (tertiary/aromatic N) is 2. The molecule has 2 heterocycles. The molecule has 0 bridgehead atoms. The predicted octanol–water partition coefficient (Wildman–Crippen LogP) is 4.58. The average molecular weight is 521 g/mol. The smallest absolute Gasteiger partial charge is 0.417 e. The minimum atomic E-state index is -4.57. The van der Waals surface area contributed by atoms with Crippen LogP contribution in [0.5, 0.6) is 11.5 Å². The first kappa shape index (κ1) is 26.1. The van der Waals surface area contributed by atoms with Crippen molar-refractivity contribution in [2.45, 2.75) is 43.9 Å². The quantitative estimate of drug-likeness (QED) is 0.531. The molecule has 34 heavy (non-hydrogen) atoms. The number of methoxy groups -OCH3 is 1. The molecule has 1 aromatic heterocycles. The van der Waals surface area contributed by atoms with Gasteiger partial charge in [0.2, 0.25) is 0 Å². The van der Waals surface area contributed by atoms with Gasteiger partial charge in [-0.25, -0.2) is 8.42 Å². The maximum Gasteiger partial charge on any atom is 0.417 e. The second kappa shape index (κ2) is 9.61.